The standard InChI is InChI=1S/C22H19N3O6/c1-3-31-22(30)19-16(23-20(27)14-9-5-6-10-15(14)21(28)29)12-18(26)25(24-19)17-11-7-4-8-13(17)2/h4-12H,3H2,1-2H3,(H,23,27)(H,28,29). The number of benzene rings is 2. The molecule has 0 saturated carbocycles. The minimum Gasteiger partial charge on any atom is -0.478 e. The van der Waals surface area contributed by atoms with E-state index in [-0.39, 0.29) is 29.1 Å². The van der Waals surface area contributed by atoms with Crippen LogP contribution in [0.5, 0.6) is 0 Å². The molecule has 1 amide bonds. The summed E-state index contributed by atoms with van der Waals surface area (Å²) in [5.74, 6) is -2.94. The molecule has 0 aliphatic rings. The summed E-state index contributed by atoms with van der Waals surface area (Å²) in [6, 6.07) is 13.6. The first-order valence-corrected chi connectivity index (χ1v) is 9.34. The predicted octanol–water partition coefficient (Wildman–Crippen LogP) is 2.67. The Kier molecular flexibility index (Phi) is 6.25. The fourth-order valence-corrected chi connectivity index (χ4v) is 2.93. The van der Waals surface area contributed by atoms with Crippen molar-refractivity contribution in [2.24, 2.45) is 0 Å². The summed E-state index contributed by atoms with van der Waals surface area (Å²) in [4.78, 5) is 49.4. The highest BCUT2D eigenvalue weighted by molar-refractivity contribution is 6.12. The van der Waals surface area contributed by atoms with Crippen LogP contribution in [-0.4, -0.2) is 39.3 Å². The van der Waals surface area contributed by atoms with Crippen molar-refractivity contribution in [2.75, 3.05) is 11.9 Å². The lowest BCUT2D eigenvalue weighted by Gasteiger charge is -2.14. The summed E-state index contributed by atoms with van der Waals surface area (Å²) in [5, 5.41) is 15.8. The number of anilines is 1. The molecule has 0 bridgehead atoms. The summed E-state index contributed by atoms with van der Waals surface area (Å²) < 4.78 is 6.06. The number of esters is 1. The number of carbonyl (C=O) groups is 3. The van der Waals surface area contributed by atoms with Crippen LogP contribution in [0.2, 0.25) is 0 Å². The van der Waals surface area contributed by atoms with Crippen LogP contribution in [0.3, 0.4) is 0 Å². The van der Waals surface area contributed by atoms with Crippen LogP contribution in [0.15, 0.2) is 59.4 Å². The number of rotatable bonds is 6. The van der Waals surface area contributed by atoms with Gasteiger partial charge in [-0.1, -0.05) is 30.3 Å². The molecular weight excluding hydrogens is 402 g/mol. The number of carbonyl (C=O) groups excluding carboxylic acids is 2. The molecular formula is C22H19N3O6. The van der Waals surface area contributed by atoms with Crippen molar-refractivity contribution < 1.29 is 24.2 Å². The Bertz CT molecular complexity index is 1230. The third-order valence-corrected chi connectivity index (χ3v) is 4.39. The second-order valence-electron chi connectivity index (χ2n) is 6.47. The van der Waals surface area contributed by atoms with Gasteiger partial charge in [0.1, 0.15) is 0 Å². The van der Waals surface area contributed by atoms with Crippen molar-refractivity contribution in [3.05, 3.63) is 87.3 Å². The lowest BCUT2D eigenvalue weighted by atomic mass is 10.1. The van der Waals surface area contributed by atoms with Crippen molar-refractivity contribution in [3.8, 4) is 5.69 Å². The van der Waals surface area contributed by atoms with Gasteiger partial charge in [-0.25, -0.2) is 9.59 Å². The Morgan fingerprint density at radius 3 is 2.35 bits per heavy atom. The minimum absolute atomic E-state index is 0.0548. The second-order valence-corrected chi connectivity index (χ2v) is 6.47. The molecule has 31 heavy (non-hydrogen) atoms. The number of amides is 1. The van der Waals surface area contributed by atoms with E-state index in [1.807, 2.05) is 0 Å². The topological polar surface area (TPSA) is 128 Å². The van der Waals surface area contributed by atoms with E-state index < -0.39 is 23.4 Å². The molecule has 3 rings (SSSR count). The van der Waals surface area contributed by atoms with Crippen molar-refractivity contribution >= 4 is 23.5 Å². The van der Waals surface area contributed by atoms with E-state index in [0.717, 1.165) is 16.3 Å². The largest absolute Gasteiger partial charge is 0.478 e. The fourth-order valence-electron chi connectivity index (χ4n) is 2.93. The zero-order valence-corrected chi connectivity index (χ0v) is 16.8. The highest BCUT2D eigenvalue weighted by atomic mass is 16.5. The summed E-state index contributed by atoms with van der Waals surface area (Å²) in [6.45, 7) is 3.45. The maximum atomic E-state index is 12.7. The number of nitrogens with zero attached hydrogens (tertiary/aromatic N) is 2. The smallest absolute Gasteiger partial charge is 0.360 e. The molecule has 0 saturated heterocycles. The van der Waals surface area contributed by atoms with Crippen LogP contribution in [0.4, 0.5) is 5.69 Å². The first-order chi connectivity index (χ1) is 14.8. The van der Waals surface area contributed by atoms with Gasteiger partial charge < -0.3 is 15.2 Å². The molecule has 9 heteroatoms. The number of aromatic nitrogens is 2. The fraction of sp³-hybridized carbons (Fsp3) is 0.136. The number of carboxylic acid groups (broad SMARTS) is 1. The number of aromatic carboxylic acids is 1. The van der Waals surface area contributed by atoms with Gasteiger partial charge in [0.05, 0.1) is 29.1 Å². The van der Waals surface area contributed by atoms with E-state index in [1.165, 1.54) is 24.3 Å². The van der Waals surface area contributed by atoms with Gasteiger partial charge in [-0.15, -0.1) is 0 Å². The van der Waals surface area contributed by atoms with E-state index in [1.54, 1.807) is 38.1 Å². The van der Waals surface area contributed by atoms with Gasteiger partial charge in [-0.2, -0.15) is 9.78 Å². The maximum Gasteiger partial charge on any atom is 0.360 e. The molecule has 0 atom stereocenters. The monoisotopic (exact) mass is 421 g/mol. The van der Waals surface area contributed by atoms with Crippen LogP contribution in [-0.2, 0) is 4.74 Å². The summed E-state index contributed by atoms with van der Waals surface area (Å²) >= 11 is 0. The van der Waals surface area contributed by atoms with E-state index in [2.05, 4.69) is 10.4 Å². The van der Waals surface area contributed by atoms with Gasteiger partial charge in [0, 0.05) is 6.07 Å². The van der Waals surface area contributed by atoms with Crippen LogP contribution >= 0.6 is 0 Å². The average molecular weight is 421 g/mol. The van der Waals surface area contributed by atoms with Gasteiger partial charge in [-0.05, 0) is 37.6 Å². The van der Waals surface area contributed by atoms with E-state index in [9.17, 15) is 24.3 Å². The van der Waals surface area contributed by atoms with Gasteiger partial charge in [0.15, 0.2) is 5.69 Å². The van der Waals surface area contributed by atoms with Gasteiger partial charge in [0.2, 0.25) is 0 Å². The van der Waals surface area contributed by atoms with Crippen LogP contribution in [0.1, 0.15) is 43.7 Å². The van der Waals surface area contributed by atoms with Gasteiger partial charge in [-0.3, -0.25) is 9.59 Å². The average Bonchev–Trinajstić information content (AvgIpc) is 2.74. The maximum absolute atomic E-state index is 12.7. The highest BCUT2D eigenvalue weighted by Gasteiger charge is 2.23. The molecule has 0 unspecified atom stereocenters. The number of para-hydroxylation sites is 1. The molecule has 0 spiro atoms. The second kappa shape index (κ2) is 9.04. The SMILES string of the molecule is CCOC(=O)c1nn(-c2ccccc2C)c(=O)cc1NC(=O)c1ccccc1C(=O)O. The third kappa shape index (κ3) is 4.50. The van der Waals surface area contributed by atoms with Crippen LogP contribution < -0.4 is 10.9 Å². The normalized spacial score (nSPS) is 10.4. The van der Waals surface area contributed by atoms with E-state index in [0.29, 0.717) is 5.69 Å². The molecule has 0 aliphatic heterocycles. The van der Waals surface area contributed by atoms with Gasteiger partial charge in [0.25, 0.3) is 11.5 Å². The van der Waals surface area contributed by atoms with Crippen LogP contribution in [0.25, 0.3) is 5.69 Å². The Hall–Kier alpha value is -4.27. The van der Waals surface area contributed by atoms with Crippen LogP contribution in [0, 0.1) is 6.92 Å². The number of hydrogen-bond donors (Lipinski definition) is 2. The molecule has 9 nitrogen and oxygen atoms in total. The van der Waals surface area contributed by atoms with Gasteiger partial charge >= 0.3 is 11.9 Å². The first kappa shape index (κ1) is 21.4. The lowest BCUT2D eigenvalue weighted by Crippen LogP contribution is -2.28. The molecule has 0 aliphatic carbocycles. The van der Waals surface area contributed by atoms with Crippen molar-refractivity contribution in [2.45, 2.75) is 13.8 Å². The molecule has 0 fully saturated rings. The molecule has 2 aromatic carbocycles. The van der Waals surface area contributed by atoms with E-state index in [4.69, 9.17) is 4.74 Å². The zero-order valence-electron chi connectivity index (χ0n) is 16.8. The number of ether oxygens (including phenoxy) is 1. The van der Waals surface area contributed by atoms with Crippen molar-refractivity contribution in [1.82, 2.24) is 9.78 Å². The molecule has 1 heterocycles. The number of hydrogen-bond acceptors (Lipinski definition) is 6. The molecule has 2 N–H and O–H groups in total. The molecule has 0 radical (unpaired) electrons. The highest BCUT2D eigenvalue weighted by Crippen LogP contribution is 2.18. The first-order valence-electron chi connectivity index (χ1n) is 9.34. The zero-order chi connectivity index (χ0) is 22.5. The summed E-state index contributed by atoms with van der Waals surface area (Å²) in [5.41, 5.74) is -0.202. The van der Waals surface area contributed by atoms with E-state index >= 15 is 0 Å². The molecule has 3 aromatic rings. The number of nitrogens with one attached hydrogen (secondary N) is 1. The lowest BCUT2D eigenvalue weighted by molar-refractivity contribution is 0.0518. The third-order valence-electron chi connectivity index (χ3n) is 4.39. The number of carboxylic acids is 1. The Morgan fingerprint density at radius 2 is 1.71 bits per heavy atom. The number of aryl methyl sites for hydroxylation is 1. The Balaban J connectivity index is 2.10. The molecule has 1 aromatic heterocycles. The quantitative estimate of drug-likeness (QED) is 0.586. The van der Waals surface area contributed by atoms with Crippen molar-refractivity contribution in [1.29, 1.82) is 0 Å². The predicted molar refractivity (Wildman–Crippen MR) is 112 cm³/mol. The summed E-state index contributed by atoms with van der Waals surface area (Å²) in [7, 11) is 0. The Labute approximate surface area is 176 Å². The minimum atomic E-state index is -1.29. The summed E-state index contributed by atoms with van der Waals surface area (Å²) in [6.07, 6.45) is 0. The van der Waals surface area contributed by atoms with Crippen molar-refractivity contribution in [3.63, 3.8) is 0 Å². The molecule has 158 valence electrons. The Morgan fingerprint density at radius 1 is 1.06 bits per heavy atom.